The number of Topliss-reactive ketones (excluding diaryl/α,β-unsaturated/α-hetero) is 1. The molecule has 4 heteroatoms. The molecule has 3 rings (SSSR count). The minimum atomic E-state index is 0.158. The topological polar surface area (TPSA) is 42.9 Å². The van der Waals surface area contributed by atoms with Gasteiger partial charge in [0.1, 0.15) is 0 Å². The molecule has 0 atom stereocenters. The Hall–Kier alpha value is -1.74. The summed E-state index contributed by atoms with van der Waals surface area (Å²) in [7, 11) is 0. The summed E-state index contributed by atoms with van der Waals surface area (Å²) in [6.45, 7) is 0. The van der Waals surface area contributed by atoms with E-state index in [0.29, 0.717) is 22.8 Å². The van der Waals surface area contributed by atoms with Crippen LogP contribution in [0.2, 0.25) is 5.02 Å². The molecule has 0 spiro atoms. The van der Waals surface area contributed by atoms with Gasteiger partial charge in [0.15, 0.2) is 11.6 Å². The summed E-state index contributed by atoms with van der Waals surface area (Å²) in [4.78, 5) is 20.8. The highest BCUT2D eigenvalue weighted by atomic mass is 35.5. The zero-order valence-corrected chi connectivity index (χ0v) is 11.2. The van der Waals surface area contributed by atoms with Crippen LogP contribution in [0.1, 0.15) is 35.3 Å². The van der Waals surface area contributed by atoms with Crippen molar-refractivity contribution in [2.24, 2.45) is 0 Å². The van der Waals surface area contributed by atoms with Crippen molar-refractivity contribution in [3.8, 4) is 11.4 Å². The molecule has 1 heterocycles. The summed E-state index contributed by atoms with van der Waals surface area (Å²) >= 11 is 5.98. The molecule has 0 bridgehead atoms. The second-order valence-electron chi connectivity index (χ2n) is 4.69. The van der Waals surface area contributed by atoms with Crippen LogP contribution >= 0.6 is 11.6 Å². The minimum absolute atomic E-state index is 0.158. The first-order valence-electron chi connectivity index (χ1n) is 6.39. The van der Waals surface area contributed by atoms with Gasteiger partial charge in [0.25, 0.3) is 0 Å². The van der Waals surface area contributed by atoms with E-state index in [1.807, 2.05) is 24.3 Å². The van der Waals surface area contributed by atoms with Crippen LogP contribution in [-0.2, 0) is 6.42 Å². The average Bonchev–Trinajstić information content (AvgIpc) is 2.60. The number of hydrogen-bond donors (Lipinski definition) is 0. The summed E-state index contributed by atoms with van der Waals surface area (Å²) in [5.41, 5.74) is 2.43. The quantitative estimate of drug-likeness (QED) is 0.743. The Morgan fingerprint density at radius 2 is 2.00 bits per heavy atom. The van der Waals surface area contributed by atoms with Crippen LogP contribution < -0.4 is 0 Å². The molecule has 0 aliphatic heterocycles. The van der Waals surface area contributed by atoms with Gasteiger partial charge in [-0.05, 0) is 31.4 Å². The van der Waals surface area contributed by atoms with E-state index in [1.165, 1.54) is 0 Å². The maximum Gasteiger partial charge on any atom is 0.166 e. The van der Waals surface area contributed by atoms with Gasteiger partial charge in [-0.1, -0.05) is 23.7 Å². The zero-order valence-electron chi connectivity index (χ0n) is 10.4. The second-order valence-corrected chi connectivity index (χ2v) is 5.13. The van der Waals surface area contributed by atoms with Crippen LogP contribution in [0.4, 0.5) is 0 Å². The van der Waals surface area contributed by atoms with E-state index in [-0.39, 0.29) is 5.78 Å². The van der Waals surface area contributed by atoms with Gasteiger partial charge in [-0.25, -0.2) is 9.97 Å². The van der Waals surface area contributed by atoms with Crippen molar-refractivity contribution in [1.82, 2.24) is 9.97 Å². The SMILES string of the molecule is O=C1CCCCc2nc(-c3cccc(Cl)c3)ncc21. The van der Waals surface area contributed by atoms with Crippen molar-refractivity contribution in [3.05, 3.63) is 46.7 Å². The lowest BCUT2D eigenvalue weighted by Crippen LogP contribution is -2.05. The lowest BCUT2D eigenvalue weighted by atomic mass is 10.1. The van der Waals surface area contributed by atoms with Crippen LogP contribution in [0.5, 0.6) is 0 Å². The molecule has 1 aromatic carbocycles. The van der Waals surface area contributed by atoms with Crippen molar-refractivity contribution in [1.29, 1.82) is 0 Å². The van der Waals surface area contributed by atoms with Crippen LogP contribution in [0.15, 0.2) is 30.5 Å². The molecule has 96 valence electrons. The van der Waals surface area contributed by atoms with Gasteiger partial charge in [-0.3, -0.25) is 4.79 Å². The molecular formula is C15H13ClN2O. The van der Waals surface area contributed by atoms with E-state index in [4.69, 9.17) is 11.6 Å². The number of carbonyl (C=O) groups excluding carboxylic acids is 1. The molecule has 3 nitrogen and oxygen atoms in total. The molecule has 1 aliphatic carbocycles. The van der Waals surface area contributed by atoms with Gasteiger partial charge < -0.3 is 0 Å². The fourth-order valence-corrected chi connectivity index (χ4v) is 2.51. The first kappa shape index (κ1) is 12.3. The maximum atomic E-state index is 11.9. The fraction of sp³-hybridized carbons (Fsp3) is 0.267. The molecular weight excluding hydrogens is 260 g/mol. The monoisotopic (exact) mass is 272 g/mol. The van der Waals surface area contributed by atoms with Gasteiger partial charge in [-0.15, -0.1) is 0 Å². The van der Waals surface area contributed by atoms with Crippen molar-refractivity contribution in [2.75, 3.05) is 0 Å². The van der Waals surface area contributed by atoms with Crippen molar-refractivity contribution < 1.29 is 4.79 Å². The van der Waals surface area contributed by atoms with E-state index in [0.717, 1.165) is 30.5 Å². The molecule has 0 radical (unpaired) electrons. The van der Waals surface area contributed by atoms with E-state index >= 15 is 0 Å². The smallest absolute Gasteiger partial charge is 0.166 e. The maximum absolute atomic E-state index is 11.9. The van der Waals surface area contributed by atoms with Gasteiger partial charge in [-0.2, -0.15) is 0 Å². The number of rotatable bonds is 1. The second kappa shape index (κ2) is 5.10. The Morgan fingerprint density at radius 1 is 1.16 bits per heavy atom. The Labute approximate surface area is 116 Å². The molecule has 0 amide bonds. The lowest BCUT2D eigenvalue weighted by molar-refractivity contribution is 0.0981. The molecule has 0 unspecified atom stereocenters. The predicted octanol–water partition coefficient (Wildman–Crippen LogP) is 3.71. The number of ketones is 1. The largest absolute Gasteiger partial charge is 0.294 e. The minimum Gasteiger partial charge on any atom is -0.294 e. The van der Waals surface area contributed by atoms with Crippen LogP contribution in [0.3, 0.4) is 0 Å². The molecule has 0 saturated carbocycles. The van der Waals surface area contributed by atoms with Crippen LogP contribution in [0.25, 0.3) is 11.4 Å². The van der Waals surface area contributed by atoms with Gasteiger partial charge >= 0.3 is 0 Å². The van der Waals surface area contributed by atoms with Crippen LogP contribution in [-0.4, -0.2) is 15.8 Å². The number of halogens is 1. The Balaban J connectivity index is 2.06. The predicted molar refractivity (Wildman–Crippen MR) is 74.4 cm³/mol. The number of aromatic nitrogens is 2. The number of hydrogen-bond acceptors (Lipinski definition) is 3. The van der Waals surface area contributed by atoms with Gasteiger partial charge in [0.05, 0.1) is 11.3 Å². The Bertz CT molecular complexity index is 640. The molecule has 0 N–H and O–H groups in total. The third-order valence-corrected chi connectivity index (χ3v) is 3.55. The highest BCUT2D eigenvalue weighted by Crippen LogP contribution is 2.23. The normalized spacial score (nSPS) is 14.9. The number of fused-ring (bicyclic) bond motifs is 1. The highest BCUT2D eigenvalue weighted by Gasteiger charge is 2.18. The molecule has 2 aromatic rings. The van der Waals surface area contributed by atoms with Crippen molar-refractivity contribution in [2.45, 2.75) is 25.7 Å². The Morgan fingerprint density at radius 3 is 2.84 bits per heavy atom. The van der Waals surface area contributed by atoms with Crippen molar-refractivity contribution in [3.63, 3.8) is 0 Å². The van der Waals surface area contributed by atoms with Gasteiger partial charge in [0, 0.05) is 23.2 Å². The number of carbonyl (C=O) groups is 1. The summed E-state index contributed by atoms with van der Waals surface area (Å²) in [6, 6.07) is 7.45. The average molecular weight is 273 g/mol. The standard InChI is InChI=1S/C15H13ClN2O/c16-11-5-3-4-10(8-11)15-17-9-12-13(18-15)6-1-2-7-14(12)19/h3-5,8-9H,1-2,6-7H2. The lowest BCUT2D eigenvalue weighted by Gasteiger charge is -2.06. The third kappa shape index (κ3) is 2.51. The summed E-state index contributed by atoms with van der Waals surface area (Å²) in [5, 5.41) is 0.659. The Kier molecular flexibility index (Phi) is 3.30. The molecule has 0 fully saturated rings. The summed E-state index contributed by atoms with van der Waals surface area (Å²) < 4.78 is 0. The van der Waals surface area contributed by atoms with E-state index in [1.54, 1.807) is 6.20 Å². The highest BCUT2D eigenvalue weighted by molar-refractivity contribution is 6.30. The summed E-state index contributed by atoms with van der Waals surface area (Å²) in [6.07, 6.45) is 5.04. The molecule has 19 heavy (non-hydrogen) atoms. The first-order chi connectivity index (χ1) is 9.24. The number of aryl methyl sites for hydroxylation is 1. The number of nitrogens with zero attached hydrogens (tertiary/aromatic N) is 2. The van der Waals surface area contributed by atoms with E-state index in [9.17, 15) is 4.79 Å². The van der Waals surface area contributed by atoms with E-state index < -0.39 is 0 Å². The molecule has 1 aromatic heterocycles. The molecule has 1 aliphatic rings. The number of benzene rings is 1. The van der Waals surface area contributed by atoms with Crippen LogP contribution in [0, 0.1) is 0 Å². The first-order valence-corrected chi connectivity index (χ1v) is 6.77. The summed E-state index contributed by atoms with van der Waals surface area (Å²) in [5.74, 6) is 0.793. The van der Waals surface area contributed by atoms with Gasteiger partial charge in [0.2, 0.25) is 0 Å². The van der Waals surface area contributed by atoms with E-state index in [2.05, 4.69) is 9.97 Å². The zero-order chi connectivity index (χ0) is 13.2. The molecule has 0 saturated heterocycles. The third-order valence-electron chi connectivity index (χ3n) is 3.32. The van der Waals surface area contributed by atoms with Crippen molar-refractivity contribution >= 4 is 17.4 Å². The fourth-order valence-electron chi connectivity index (χ4n) is 2.32.